The summed E-state index contributed by atoms with van der Waals surface area (Å²) in [6.45, 7) is 2.42. The lowest BCUT2D eigenvalue weighted by atomic mass is 10.2. The molecule has 1 heterocycles. The molecule has 0 aliphatic carbocycles. The first-order chi connectivity index (χ1) is 12.6. The van der Waals surface area contributed by atoms with Crippen LogP contribution in [0, 0.1) is 0 Å². The summed E-state index contributed by atoms with van der Waals surface area (Å²) in [6.07, 6.45) is 0. The number of nitrogens with one attached hydrogen (secondary N) is 2. The van der Waals surface area contributed by atoms with Gasteiger partial charge in [0.25, 0.3) is 5.91 Å². The van der Waals surface area contributed by atoms with Crippen molar-refractivity contribution in [2.24, 2.45) is 0 Å². The minimum absolute atomic E-state index is 0.161. The van der Waals surface area contributed by atoms with Crippen molar-refractivity contribution < 1.29 is 23.8 Å². The molecule has 0 saturated heterocycles. The Labute approximate surface area is 151 Å². The van der Waals surface area contributed by atoms with Crippen LogP contribution in [0.25, 0.3) is 0 Å². The van der Waals surface area contributed by atoms with Crippen molar-refractivity contribution in [2.45, 2.75) is 13.0 Å². The molecule has 136 valence electrons. The molecular formula is C19H20N2O5. The second-order valence-electron chi connectivity index (χ2n) is 5.74. The maximum Gasteiger partial charge on any atom is 0.258 e. The zero-order valence-electron chi connectivity index (χ0n) is 14.4. The standard InChI is InChI=1S/C19H20N2O5/c1-13(20-18(22)12-26-15-5-3-2-4-6-15)19(23)21-14-7-8-16-17(11-14)25-10-9-24-16/h2-8,11,13H,9-10,12H2,1H3,(H,20,22)(H,21,23). The van der Waals surface area contributed by atoms with Crippen LogP contribution < -0.4 is 24.8 Å². The summed E-state index contributed by atoms with van der Waals surface area (Å²) >= 11 is 0. The second kappa shape index (κ2) is 8.24. The molecule has 0 spiro atoms. The predicted molar refractivity (Wildman–Crippen MR) is 95.6 cm³/mol. The number of carbonyl (C=O) groups is 2. The molecule has 2 aromatic carbocycles. The number of rotatable bonds is 6. The van der Waals surface area contributed by atoms with Crippen LogP contribution in [0.2, 0.25) is 0 Å². The molecular weight excluding hydrogens is 336 g/mol. The maximum atomic E-state index is 12.3. The Bertz CT molecular complexity index is 779. The fourth-order valence-corrected chi connectivity index (χ4v) is 2.39. The van der Waals surface area contributed by atoms with E-state index in [2.05, 4.69) is 10.6 Å². The molecule has 1 aliphatic rings. The molecule has 2 N–H and O–H groups in total. The number of benzene rings is 2. The molecule has 1 atom stereocenters. The molecule has 26 heavy (non-hydrogen) atoms. The summed E-state index contributed by atoms with van der Waals surface area (Å²) in [6, 6.07) is 13.4. The Kier molecular flexibility index (Phi) is 5.58. The van der Waals surface area contributed by atoms with E-state index >= 15 is 0 Å². The van der Waals surface area contributed by atoms with Gasteiger partial charge in [-0.1, -0.05) is 18.2 Å². The van der Waals surface area contributed by atoms with E-state index in [-0.39, 0.29) is 18.4 Å². The third-order valence-corrected chi connectivity index (χ3v) is 3.69. The SMILES string of the molecule is CC(NC(=O)COc1ccccc1)C(=O)Nc1ccc2c(c1)OCCO2. The molecule has 0 aromatic heterocycles. The van der Waals surface area contributed by atoms with E-state index in [0.717, 1.165) is 0 Å². The highest BCUT2D eigenvalue weighted by Gasteiger charge is 2.18. The highest BCUT2D eigenvalue weighted by atomic mass is 16.6. The topological polar surface area (TPSA) is 85.9 Å². The first-order valence-electron chi connectivity index (χ1n) is 8.29. The van der Waals surface area contributed by atoms with Crippen molar-refractivity contribution in [3.05, 3.63) is 48.5 Å². The van der Waals surface area contributed by atoms with Crippen LogP contribution in [0.1, 0.15) is 6.92 Å². The van der Waals surface area contributed by atoms with Gasteiger partial charge in [-0.3, -0.25) is 9.59 Å². The minimum Gasteiger partial charge on any atom is -0.486 e. The van der Waals surface area contributed by atoms with Crippen LogP contribution in [-0.4, -0.2) is 37.7 Å². The maximum absolute atomic E-state index is 12.3. The summed E-state index contributed by atoms with van der Waals surface area (Å²) in [7, 11) is 0. The van der Waals surface area contributed by atoms with E-state index < -0.39 is 6.04 Å². The van der Waals surface area contributed by atoms with Crippen LogP contribution in [0.3, 0.4) is 0 Å². The molecule has 0 fully saturated rings. The number of amides is 2. The van der Waals surface area contributed by atoms with Crippen LogP contribution >= 0.6 is 0 Å². The van der Waals surface area contributed by atoms with E-state index in [1.165, 1.54) is 0 Å². The number of hydrogen-bond donors (Lipinski definition) is 2. The smallest absolute Gasteiger partial charge is 0.258 e. The van der Waals surface area contributed by atoms with E-state index in [1.54, 1.807) is 37.3 Å². The highest BCUT2D eigenvalue weighted by molar-refractivity contribution is 5.97. The fraction of sp³-hybridized carbons (Fsp3) is 0.263. The van der Waals surface area contributed by atoms with Crippen LogP contribution in [0.5, 0.6) is 17.2 Å². The number of fused-ring (bicyclic) bond motifs is 1. The van der Waals surface area contributed by atoms with Gasteiger partial charge in [-0.2, -0.15) is 0 Å². The number of para-hydroxylation sites is 1. The van der Waals surface area contributed by atoms with Gasteiger partial charge in [0.05, 0.1) is 0 Å². The number of anilines is 1. The average molecular weight is 356 g/mol. The third kappa shape index (κ3) is 4.66. The molecule has 0 radical (unpaired) electrons. The lowest BCUT2D eigenvalue weighted by Gasteiger charge is -2.19. The van der Waals surface area contributed by atoms with Gasteiger partial charge in [-0.15, -0.1) is 0 Å². The average Bonchev–Trinajstić information content (AvgIpc) is 2.67. The lowest BCUT2D eigenvalue weighted by Crippen LogP contribution is -2.43. The first-order valence-corrected chi connectivity index (χ1v) is 8.29. The quantitative estimate of drug-likeness (QED) is 0.827. The molecule has 0 bridgehead atoms. The van der Waals surface area contributed by atoms with E-state index in [9.17, 15) is 9.59 Å². The van der Waals surface area contributed by atoms with Crippen molar-refractivity contribution >= 4 is 17.5 Å². The second-order valence-corrected chi connectivity index (χ2v) is 5.74. The summed E-state index contributed by atoms with van der Waals surface area (Å²) in [5.41, 5.74) is 0.570. The summed E-state index contributed by atoms with van der Waals surface area (Å²) < 4.78 is 16.3. The summed E-state index contributed by atoms with van der Waals surface area (Å²) in [5, 5.41) is 5.34. The number of hydrogen-bond acceptors (Lipinski definition) is 5. The van der Waals surface area contributed by atoms with Crippen LogP contribution in [0.15, 0.2) is 48.5 Å². The van der Waals surface area contributed by atoms with E-state index in [0.29, 0.717) is 36.1 Å². The van der Waals surface area contributed by atoms with Gasteiger partial charge in [0, 0.05) is 11.8 Å². The van der Waals surface area contributed by atoms with Crippen molar-refractivity contribution in [1.29, 1.82) is 0 Å². The van der Waals surface area contributed by atoms with Gasteiger partial charge in [0.15, 0.2) is 18.1 Å². The monoisotopic (exact) mass is 356 g/mol. The van der Waals surface area contributed by atoms with Gasteiger partial charge >= 0.3 is 0 Å². The van der Waals surface area contributed by atoms with E-state index in [4.69, 9.17) is 14.2 Å². The van der Waals surface area contributed by atoms with Crippen molar-refractivity contribution in [3.8, 4) is 17.2 Å². The lowest BCUT2D eigenvalue weighted by molar-refractivity contribution is -0.127. The Morgan fingerprint density at radius 1 is 1.08 bits per heavy atom. The molecule has 0 saturated carbocycles. The van der Waals surface area contributed by atoms with Crippen LogP contribution in [-0.2, 0) is 9.59 Å². The third-order valence-electron chi connectivity index (χ3n) is 3.69. The van der Waals surface area contributed by atoms with Crippen LogP contribution in [0.4, 0.5) is 5.69 Å². The highest BCUT2D eigenvalue weighted by Crippen LogP contribution is 2.32. The molecule has 1 aliphatic heterocycles. The predicted octanol–water partition coefficient (Wildman–Crippen LogP) is 1.98. The molecule has 2 amide bonds. The van der Waals surface area contributed by atoms with Gasteiger partial charge < -0.3 is 24.8 Å². The normalized spacial score (nSPS) is 13.4. The zero-order chi connectivity index (χ0) is 18.4. The van der Waals surface area contributed by atoms with Crippen molar-refractivity contribution in [1.82, 2.24) is 5.32 Å². The molecule has 3 rings (SSSR count). The number of carbonyl (C=O) groups excluding carboxylic acids is 2. The van der Waals surface area contributed by atoms with Gasteiger partial charge in [0.2, 0.25) is 5.91 Å². The Morgan fingerprint density at radius 2 is 1.81 bits per heavy atom. The Balaban J connectivity index is 1.49. The Morgan fingerprint density at radius 3 is 2.58 bits per heavy atom. The minimum atomic E-state index is -0.713. The zero-order valence-corrected chi connectivity index (χ0v) is 14.4. The van der Waals surface area contributed by atoms with Crippen molar-refractivity contribution in [3.63, 3.8) is 0 Å². The summed E-state index contributed by atoms with van der Waals surface area (Å²) in [5.74, 6) is 1.11. The van der Waals surface area contributed by atoms with Gasteiger partial charge in [-0.25, -0.2) is 0 Å². The van der Waals surface area contributed by atoms with Crippen molar-refractivity contribution in [2.75, 3.05) is 25.1 Å². The number of ether oxygens (including phenoxy) is 3. The van der Waals surface area contributed by atoms with Gasteiger partial charge in [0.1, 0.15) is 25.0 Å². The molecule has 1 unspecified atom stereocenters. The Hall–Kier alpha value is -3.22. The summed E-state index contributed by atoms with van der Waals surface area (Å²) in [4.78, 5) is 24.2. The largest absolute Gasteiger partial charge is 0.486 e. The fourth-order valence-electron chi connectivity index (χ4n) is 2.39. The first kappa shape index (κ1) is 17.6. The van der Waals surface area contributed by atoms with E-state index in [1.807, 2.05) is 18.2 Å². The molecule has 7 nitrogen and oxygen atoms in total. The molecule has 2 aromatic rings. The van der Waals surface area contributed by atoms with Gasteiger partial charge in [-0.05, 0) is 31.2 Å². The molecule has 7 heteroatoms.